The lowest BCUT2D eigenvalue weighted by molar-refractivity contribution is -0.139. The molecule has 0 unspecified atom stereocenters. The predicted octanol–water partition coefficient (Wildman–Crippen LogP) is 3.99. The largest absolute Gasteiger partial charge is 0.479 e. The minimum Gasteiger partial charge on any atom is -0.479 e. The zero-order valence-electron chi connectivity index (χ0n) is 14.8. The van der Waals surface area contributed by atoms with Crippen molar-refractivity contribution in [2.75, 3.05) is 11.5 Å². The van der Waals surface area contributed by atoms with E-state index < -0.39 is 30.4 Å². The van der Waals surface area contributed by atoms with Gasteiger partial charge in [0.1, 0.15) is 5.57 Å². The van der Waals surface area contributed by atoms with Crippen molar-refractivity contribution in [2.24, 2.45) is 0 Å². The molecular weight excluding hydrogens is 547 g/mol. The number of carboxylic acids is 1. The zero-order chi connectivity index (χ0) is 22.0. The van der Waals surface area contributed by atoms with Crippen LogP contribution in [0, 0.1) is 0 Å². The first-order valence-electron chi connectivity index (χ1n) is 8.18. The third kappa shape index (κ3) is 4.72. The highest BCUT2D eigenvalue weighted by atomic mass is 79.9. The van der Waals surface area contributed by atoms with E-state index in [0.29, 0.717) is 10.0 Å². The fourth-order valence-electron chi connectivity index (χ4n) is 2.58. The molecule has 1 heterocycles. The van der Waals surface area contributed by atoms with Gasteiger partial charge in [0.2, 0.25) is 0 Å². The number of nitrogens with zero attached hydrogens (tertiary/aromatic N) is 1. The number of carbonyl (C=O) groups excluding carboxylic acids is 3. The number of anilines is 1. The Kier molecular flexibility index (Phi) is 6.59. The summed E-state index contributed by atoms with van der Waals surface area (Å²) in [6.07, 6.45) is 1.27. The molecule has 2 aromatic rings. The van der Waals surface area contributed by atoms with Crippen LogP contribution in [-0.4, -0.2) is 35.5 Å². The van der Waals surface area contributed by atoms with Crippen LogP contribution in [0.25, 0.3) is 6.08 Å². The van der Waals surface area contributed by atoms with E-state index in [4.69, 9.17) is 21.4 Å². The number of ether oxygens (including phenoxy) is 1. The van der Waals surface area contributed by atoms with Crippen molar-refractivity contribution >= 4 is 79.0 Å². The Morgan fingerprint density at radius 3 is 2.43 bits per heavy atom. The van der Waals surface area contributed by atoms with Gasteiger partial charge in [-0.05, 0) is 64.0 Å². The van der Waals surface area contributed by atoms with Gasteiger partial charge >= 0.3 is 12.0 Å². The molecule has 0 radical (unpaired) electrons. The lowest BCUT2D eigenvalue weighted by Gasteiger charge is -2.26. The molecule has 0 aromatic heterocycles. The Morgan fingerprint density at radius 1 is 1.17 bits per heavy atom. The minimum atomic E-state index is -1.17. The fourth-order valence-corrected chi connectivity index (χ4v) is 3.84. The first kappa shape index (κ1) is 22.0. The quantitative estimate of drug-likeness (QED) is 0.424. The highest BCUT2D eigenvalue weighted by Crippen LogP contribution is 2.35. The molecule has 0 spiro atoms. The van der Waals surface area contributed by atoms with Crippen LogP contribution in [0.2, 0.25) is 5.02 Å². The van der Waals surface area contributed by atoms with Crippen LogP contribution in [0.3, 0.4) is 0 Å². The Balaban J connectivity index is 1.96. The van der Waals surface area contributed by atoms with Gasteiger partial charge < -0.3 is 9.84 Å². The second-order valence-electron chi connectivity index (χ2n) is 5.93. The van der Waals surface area contributed by atoms with Gasteiger partial charge in [0.15, 0.2) is 12.4 Å². The summed E-state index contributed by atoms with van der Waals surface area (Å²) >= 11 is 12.6. The van der Waals surface area contributed by atoms with E-state index in [-0.39, 0.29) is 22.0 Å². The number of carboxylic acid groups (broad SMARTS) is 1. The molecule has 11 heteroatoms. The van der Waals surface area contributed by atoms with E-state index in [0.717, 1.165) is 9.37 Å². The first-order valence-corrected chi connectivity index (χ1v) is 10.1. The number of hydrogen-bond acceptors (Lipinski definition) is 5. The Hall–Kier alpha value is -2.69. The summed E-state index contributed by atoms with van der Waals surface area (Å²) in [5.41, 5.74) is 0.369. The first-order chi connectivity index (χ1) is 14.2. The van der Waals surface area contributed by atoms with Crippen molar-refractivity contribution in [2.45, 2.75) is 0 Å². The Morgan fingerprint density at radius 2 is 1.83 bits per heavy atom. The summed E-state index contributed by atoms with van der Waals surface area (Å²) in [7, 11) is 0. The van der Waals surface area contributed by atoms with Crippen molar-refractivity contribution < 1.29 is 29.0 Å². The fraction of sp³-hybridized carbons (Fsp3) is 0.0526. The molecule has 8 nitrogen and oxygen atoms in total. The molecule has 1 fully saturated rings. The summed E-state index contributed by atoms with van der Waals surface area (Å²) < 4.78 is 6.20. The Labute approximate surface area is 191 Å². The van der Waals surface area contributed by atoms with Gasteiger partial charge in [-0.1, -0.05) is 27.5 Å². The maximum atomic E-state index is 12.9. The van der Waals surface area contributed by atoms with Gasteiger partial charge in [0.05, 0.1) is 15.2 Å². The maximum Gasteiger partial charge on any atom is 0.341 e. The van der Waals surface area contributed by atoms with Gasteiger partial charge in [-0.15, -0.1) is 0 Å². The van der Waals surface area contributed by atoms with E-state index in [2.05, 4.69) is 37.2 Å². The van der Waals surface area contributed by atoms with E-state index in [1.54, 1.807) is 24.3 Å². The molecule has 2 aromatic carbocycles. The average molecular weight is 559 g/mol. The molecule has 0 atom stereocenters. The second kappa shape index (κ2) is 8.99. The molecule has 154 valence electrons. The second-order valence-corrected chi connectivity index (χ2v) is 8.11. The summed E-state index contributed by atoms with van der Waals surface area (Å²) in [6, 6.07) is 8.45. The summed E-state index contributed by atoms with van der Waals surface area (Å²) in [6.45, 7) is -0.593. The van der Waals surface area contributed by atoms with Crippen molar-refractivity contribution in [1.82, 2.24) is 5.32 Å². The van der Waals surface area contributed by atoms with Gasteiger partial charge in [-0.2, -0.15) is 0 Å². The number of imide groups is 2. The van der Waals surface area contributed by atoms with Crippen LogP contribution in [-0.2, 0) is 14.4 Å². The molecule has 0 saturated carbocycles. The third-order valence-electron chi connectivity index (χ3n) is 3.86. The summed E-state index contributed by atoms with van der Waals surface area (Å²) in [5.74, 6) is -2.72. The van der Waals surface area contributed by atoms with Crippen LogP contribution in [0.4, 0.5) is 10.5 Å². The maximum absolute atomic E-state index is 12.9. The van der Waals surface area contributed by atoms with Crippen LogP contribution in [0.5, 0.6) is 5.75 Å². The predicted molar refractivity (Wildman–Crippen MR) is 115 cm³/mol. The number of amides is 4. The molecule has 2 N–H and O–H groups in total. The molecule has 0 bridgehead atoms. The smallest absolute Gasteiger partial charge is 0.341 e. The number of halogens is 3. The van der Waals surface area contributed by atoms with Gasteiger partial charge in [-0.25, -0.2) is 14.5 Å². The molecule has 0 aliphatic carbocycles. The molecule has 1 aliphatic heterocycles. The number of benzene rings is 2. The lowest BCUT2D eigenvalue weighted by atomic mass is 10.1. The normalized spacial score (nSPS) is 15.4. The molecule has 1 aliphatic rings. The lowest BCUT2D eigenvalue weighted by Crippen LogP contribution is -2.54. The standard InChI is InChI=1S/C19H11Br2ClN2O6/c20-10-1-3-11(4-2-10)24-18(28)12(17(27)23-19(24)29)5-9-6-13(21)16(14(22)7-9)30-8-15(25)26/h1-7H,8H2,(H,25,26)(H,23,27,29)/b12-5+. The number of aliphatic carboxylic acids is 1. The third-order valence-corrected chi connectivity index (χ3v) is 5.26. The molecular formula is C19H11Br2ClN2O6. The Bertz CT molecular complexity index is 1080. The van der Waals surface area contributed by atoms with Crippen molar-refractivity contribution in [3.63, 3.8) is 0 Å². The van der Waals surface area contributed by atoms with Gasteiger partial charge in [0.25, 0.3) is 11.8 Å². The molecule has 4 amide bonds. The highest BCUT2D eigenvalue weighted by Gasteiger charge is 2.36. The van der Waals surface area contributed by atoms with Crippen LogP contribution < -0.4 is 15.0 Å². The number of carbonyl (C=O) groups is 4. The van der Waals surface area contributed by atoms with Gasteiger partial charge in [-0.3, -0.25) is 14.9 Å². The van der Waals surface area contributed by atoms with E-state index in [1.165, 1.54) is 18.2 Å². The topological polar surface area (TPSA) is 113 Å². The molecule has 30 heavy (non-hydrogen) atoms. The van der Waals surface area contributed by atoms with Crippen molar-refractivity contribution in [3.8, 4) is 5.75 Å². The van der Waals surface area contributed by atoms with Crippen molar-refractivity contribution in [3.05, 3.63) is 61.5 Å². The number of rotatable bonds is 5. The minimum absolute atomic E-state index is 0.0713. The van der Waals surface area contributed by atoms with E-state index in [1.807, 2.05) is 0 Å². The summed E-state index contributed by atoms with van der Waals surface area (Å²) in [5, 5.41) is 10.9. The van der Waals surface area contributed by atoms with Crippen LogP contribution >= 0.6 is 43.5 Å². The number of urea groups is 1. The van der Waals surface area contributed by atoms with Crippen molar-refractivity contribution in [1.29, 1.82) is 0 Å². The molecule has 1 saturated heterocycles. The average Bonchev–Trinajstić information content (AvgIpc) is 2.65. The van der Waals surface area contributed by atoms with E-state index in [9.17, 15) is 19.2 Å². The van der Waals surface area contributed by atoms with Crippen LogP contribution in [0.1, 0.15) is 5.56 Å². The number of barbiturate groups is 1. The monoisotopic (exact) mass is 556 g/mol. The number of nitrogens with one attached hydrogen (secondary N) is 1. The highest BCUT2D eigenvalue weighted by molar-refractivity contribution is 9.10. The SMILES string of the molecule is O=C(O)COc1c(Cl)cc(/C=C2\C(=O)NC(=O)N(c3ccc(Br)cc3)C2=O)cc1Br. The van der Waals surface area contributed by atoms with E-state index >= 15 is 0 Å². The zero-order valence-corrected chi connectivity index (χ0v) is 18.7. The number of hydrogen-bond donors (Lipinski definition) is 2. The van der Waals surface area contributed by atoms with Gasteiger partial charge in [0, 0.05) is 4.47 Å². The summed E-state index contributed by atoms with van der Waals surface area (Å²) in [4.78, 5) is 48.9. The van der Waals surface area contributed by atoms with Crippen LogP contribution in [0.15, 0.2) is 50.9 Å². The molecule has 3 rings (SSSR count).